The summed E-state index contributed by atoms with van der Waals surface area (Å²) in [5, 5.41) is 0. The van der Waals surface area contributed by atoms with Gasteiger partial charge < -0.3 is 9.64 Å². The van der Waals surface area contributed by atoms with E-state index < -0.39 is 0 Å². The van der Waals surface area contributed by atoms with Gasteiger partial charge in [-0.15, -0.1) is 0 Å². The van der Waals surface area contributed by atoms with E-state index in [-0.39, 0.29) is 11.4 Å². The molecular weight excluding hydrogens is 364 g/mol. The number of hydrogen-bond donors (Lipinski definition) is 0. The zero-order chi connectivity index (χ0) is 20.7. The Morgan fingerprint density at radius 3 is 2.52 bits per heavy atom. The van der Waals surface area contributed by atoms with Gasteiger partial charge in [0.25, 0.3) is 0 Å². The molecule has 0 aromatic carbocycles. The van der Waals surface area contributed by atoms with Crippen LogP contribution in [0.3, 0.4) is 0 Å². The molecule has 2 fully saturated rings. The van der Waals surface area contributed by atoms with Crippen molar-refractivity contribution in [2.45, 2.75) is 52.0 Å². The van der Waals surface area contributed by atoms with Crippen molar-refractivity contribution >= 4 is 11.7 Å². The van der Waals surface area contributed by atoms with Gasteiger partial charge in [-0.1, -0.05) is 26.8 Å². The topological polar surface area (TPSA) is 48.9 Å². The molecule has 0 N–H and O–H groups in total. The average Bonchev–Trinajstić information content (AvgIpc) is 2.77. The maximum Gasteiger partial charge on any atom is 0.227 e. The van der Waals surface area contributed by atoms with Crippen LogP contribution >= 0.6 is 0 Å². The van der Waals surface area contributed by atoms with Crippen LogP contribution in [0.1, 0.15) is 46.5 Å². The third kappa shape index (κ3) is 5.77. The highest BCUT2D eigenvalue weighted by Crippen LogP contribution is 2.32. The van der Waals surface area contributed by atoms with Gasteiger partial charge in [-0.05, 0) is 43.9 Å². The highest BCUT2D eigenvalue weighted by atomic mass is 16.5. The first kappa shape index (κ1) is 22.2. The van der Waals surface area contributed by atoms with Gasteiger partial charge in [0.1, 0.15) is 5.82 Å². The number of rotatable bonds is 8. The molecule has 1 amide bonds. The lowest BCUT2D eigenvalue weighted by Gasteiger charge is -2.51. The highest BCUT2D eigenvalue weighted by Gasteiger charge is 2.42. The number of carbonyl (C=O) groups excluding carboxylic acids is 1. The lowest BCUT2D eigenvalue weighted by molar-refractivity contribution is -0.119. The Bertz CT molecular complexity index is 623. The number of pyridine rings is 1. The molecule has 1 aromatic heterocycles. The van der Waals surface area contributed by atoms with Crippen LogP contribution in [0.25, 0.3) is 0 Å². The fraction of sp³-hybridized carbons (Fsp3) is 0.739. The van der Waals surface area contributed by atoms with Crippen molar-refractivity contribution in [2.24, 2.45) is 5.92 Å². The molecule has 6 heteroatoms. The molecule has 29 heavy (non-hydrogen) atoms. The molecule has 0 radical (unpaired) electrons. The number of amides is 1. The second kappa shape index (κ2) is 10.5. The summed E-state index contributed by atoms with van der Waals surface area (Å²) in [5.41, 5.74) is -0.0231. The summed E-state index contributed by atoms with van der Waals surface area (Å²) in [5.74, 6) is 1.66. The summed E-state index contributed by atoms with van der Waals surface area (Å²) < 4.78 is 5.72. The van der Waals surface area contributed by atoms with Crippen LogP contribution in [0.5, 0.6) is 0 Å². The Morgan fingerprint density at radius 1 is 1.21 bits per heavy atom. The number of anilines is 1. The van der Waals surface area contributed by atoms with Crippen molar-refractivity contribution in [1.29, 1.82) is 0 Å². The van der Waals surface area contributed by atoms with Crippen LogP contribution in [0.2, 0.25) is 0 Å². The molecule has 0 bridgehead atoms. The Morgan fingerprint density at radius 2 is 1.93 bits per heavy atom. The third-order valence-electron chi connectivity index (χ3n) is 6.47. The van der Waals surface area contributed by atoms with Crippen molar-refractivity contribution in [3.8, 4) is 0 Å². The predicted octanol–water partition coefficient (Wildman–Crippen LogP) is 3.04. The smallest absolute Gasteiger partial charge is 0.227 e. The van der Waals surface area contributed by atoms with Crippen LogP contribution < -0.4 is 4.90 Å². The average molecular weight is 403 g/mol. The lowest BCUT2D eigenvalue weighted by Crippen LogP contribution is -2.63. The van der Waals surface area contributed by atoms with E-state index in [0.717, 1.165) is 64.0 Å². The molecule has 2 aliphatic heterocycles. The number of carbonyl (C=O) groups is 1. The molecule has 0 saturated carbocycles. The van der Waals surface area contributed by atoms with E-state index in [2.05, 4.69) is 28.6 Å². The molecule has 0 atom stereocenters. The summed E-state index contributed by atoms with van der Waals surface area (Å²) in [6.07, 6.45) is 5.47. The van der Waals surface area contributed by atoms with Crippen LogP contribution in [0.4, 0.5) is 5.82 Å². The predicted molar refractivity (Wildman–Crippen MR) is 117 cm³/mol. The Hall–Kier alpha value is -1.50. The maximum absolute atomic E-state index is 12.8. The number of ether oxygens (including phenoxy) is 1. The van der Waals surface area contributed by atoms with Gasteiger partial charge in [-0.25, -0.2) is 4.98 Å². The van der Waals surface area contributed by atoms with Gasteiger partial charge >= 0.3 is 0 Å². The molecule has 6 nitrogen and oxygen atoms in total. The minimum Gasteiger partial charge on any atom is -0.381 e. The van der Waals surface area contributed by atoms with E-state index >= 15 is 0 Å². The fourth-order valence-electron chi connectivity index (χ4n) is 4.51. The van der Waals surface area contributed by atoms with Crippen LogP contribution in [-0.4, -0.2) is 78.7 Å². The molecule has 2 saturated heterocycles. The molecule has 0 aliphatic carbocycles. The van der Waals surface area contributed by atoms with E-state index in [0.29, 0.717) is 13.0 Å². The molecule has 1 aromatic rings. The van der Waals surface area contributed by atoms with Crippen molar-refractivity contribution in [2.75, 3.05) is 57.4 Å². The first-order valence-corrected chi connectivity index (χ1v) is 11.3. The second-order valence-corrected chi connectivity index (χ2v) is 8.87. The van der Waals surface area contributed by atoms with Gasteiger partial charge in [0.05, 0.1) is 0 Å². The van der Waals surface area contributed by atoms with Crippen molar-refractivity contribution < 1.29 is 9.53 Å². The number of nitrogens with zero attached hydrogens (tertiary/aromatic N) is 4. The summed E-state index contributed by atoms with van der Waals surface area (Å²) in [6.45, 7) is 14.3. The Kier molecular flexibility index (Phi) is 8.04. The second-order valence-electron chi connectivity index (χ2n) is 8.87. The van der Waals surface area contributed by atoms with Crippen LogP contribution in [0.15, 0.2) is 24.4 Å². The minimum absolute atomic E-state index is 0.0231. The summed E-state index contributed by atoms with van der Waals surface area (Å²) in [6, 6.07) is 5.81. The lowest BCUT2D eigenvalue weighted by atomic mass is 9.86. The van der Waals surface area contributed by atoms with Gasteiger partial charge in [0.15, 0.2) is 0 Å². The first-order chi connectivity index (χ1) is 14.0. The monoisotopic (exact) mass is 402 g/mol. The molecule has 0 unspecified atom stereocenters. The standard InChI is InChI=1S/C23H38N4O2/c1-4-22(28)27(21-7-5-6-11-24-21)19-23(9-17-29-18-10-23)26-15-13-25(14-16-26)12-8-20(2)3/h5-7,11,20H,4,8-10,12-19H2,1-3H3. The highest BCUT2D eigenvalue weighted by molar-refractivity contribution is 5.92. The minimum atomic E-state index is -0.0231. The van der Waals surface area contributed by atoms with E-state index in [1.54, 1.807) is 6.20 Å². The SMILES string of the molecule is CCC(=O)N(CC1(N2CCN(CCC(C)C)CC2)CCOCC1)c1ccccn1. The van der Waals surface area contributed by atoms with E-state index in [1.165, 1.54) is 13.0 Å². The van der Waals surface area contributed by atoms with Crippen LogP contribution in [-0.2, 0) is 9.53 Å². The normalized spacial score (nSPS) is 20.7. The largest absolute Gasteiger partial charge is 0.381 e. The van der Waals surface area contributed by atoms with Crippen molar-refractivity contribution in [1.82, 2.24) is 14.8 Å². The Balaban J connectivity index is 1.73. The summed E-state index contributed by atoms with van der Waals surface area (Å²) in [7, 11) is 0. The summed E-state index contributed by atoms with van der Waals surface area (Å²) >= 11 is 0. The third-order valence-corrected chi connectivity index (χ3v) is 6.47. The maximum atomic E-state index is 12.8. The van der Waals surface area contributed by atoms with Crippen molar-refractivity contribution in [3.05, 3.63) is 24.4 Å². The molecule has 162 valence electrons. The van der Waals surface area contributed by atoms with Crippen molar-refractivity contribution in [3.63, 3.8) is 0 Å². The van der Waals surface area contributed by atoms with Gasteiger partial charge in [-0.2, -0.15) is 0 Å². The van der Waals surface area contributed by atoms with Crippen LogP contribution in [0, 0.1) is 5.92 Å². The quantitative estimate of drug-likeness (QED) is 0.669. The van der Waals surface area contributed by atoms with Gasteiger partial charge in [0.2, 0.25) is 5.91 Å². The summed E-state index contributed by atoms with van der Waals surface area (Å²) in [4.78, 5) is 24.5. The molecular formula is C23H38N4O2. The molecule has 3 heterocycles. The fourth-order valence-corrected chi connectivity index (χ4v) is 4.51. The van der Waals surface area contributed by atoms with E-state index in [4.69, 9.17) is 4.74 Å². The Labute approximate surface area is 176 Å². The molecule has 2 aliphatic rings. The number of piperazine rings is 1. The molecule has 3 rings (SSSR count). The zero-order valence-corrected chi connectivity index (χ0v) is 18.5. The number of aromatic nitrogens is 1. The van der Waals surface area contributed by atoms with Gasteiger partial charge in [-0.3, -0.25) is 14.6 Å². The van der Waals surface area contributed by atoms with E-state index in [9.17, 15) is 4.79 Å². The first-order valence-electron chi connectivity index (χ1n) is 11.3. The van der Waals surface area contributed by atoms with Gasteiger partial charge in [0, 0.05) is 64.1 Å². The number of hydrogen-bond acceptors (Lipinski definition) is 5. The zero-order valence-electron chi connectivity index (χ0n) is 18.5. The molecule has 0 spiro atoms. The van der Waals surface area contributed by atoms with E-state index in [1.807, 2.05) is 30.0 Å².